The molecule has 1 atom stereocenters. The van der Waals surface area contributed by atoms with Crippen LogP contribution in [0.4, 0.5) is 10.3 Å². The third kappa shape index (κ3) is 4.74. The van der Waals surface area contributed by atoms with Gasteiger partial charge in [-0.2, -0.15) is 0 Å². The monoisotopic (exact) mass is 439 g/mol. The third-order valence-corrected chi connectivity index (χ3v) is 6.32. The molecule has 1 saturated heterocycles. The summed E-state index contributed by atoms with van der Waals surface area (Å²) in [5, 5.41) is 2.91. The molecule has 0 aliphatic carbocycles. The van der Waals surface area contributed by atoms with E-state index in [-0.39, 0.29) is 17.8 Å². The topological polar surface area (TPSA) is 62.2 Å². The minimum atomic E-state index is -0.288. The zero-order chi connectivity index (χ0) is 22.0. The predicted octanol–water partition coefficient (Wildman–Crippen LogP) is 4.41. The summed E-state index contributed by atoms with van der Waals surface area (Å²) in [5.74, 6) is 0.364. The largest absolute Gasteiger partial charge is 0.347 e. The molecule has 1 fully saturated rings. The maximum absolute atomic E-state index is 13.5. The van der Waals surface area contributed by atoms with Crippen molar-refractivity contribution in [3.05, 3.63) is 58.1 Å². The Morgan fingerprint density at radius 3 is 2.68 bits per heavy atom. The lowest BCUT2D eigenvalue weighted by Crippen LogP contribution is -2.40. The van der Waals surface area contributed by atoms with Gasteiger partial charge >= 0.3 is 0 Å². The van der Waals surface area contributed by atoms with Gasteiger partial charge in [-0.15, -0.1) is 11.3 Å². The molecule has 1 aliphatic heterocycles. The highest BCUT2D eigenvalue weighted by atomic mass is 32.1. The van der Waals surface area contributed by atoms with Crippen LogP contribution >= 0.6 is 11.3 Å². The molecular formula is C23H26FN5OS. The van der Waals surface area contributed by atoms with Crippen molar-refractivity contribution in [2.45, 2.75) is 38.6 Å². The van der Waals surface area contributed by atoms with Crippen LogP contribution in [0.25, 0.3) is 11.1 Å². The molecule has 1 aliphatic rings. The lowest BCUT2D eigenvalue weighted by atomic mass is 9.93. The number of likely N-dealkylation sites (tertiary alicyclic amines) is 1. The first-order chi connectivity index (χ1) is 14.9. The Morgan fingerprint density at radius 1 is 1.23 bits per heavy atom. The number of aromatic nitrogens is 3. The van der Waals surface area contributed by atoms with Crippen LogP contribution in [0.3, 0.4) is 0 Å². The number of hydrogen-bond acceptors (Lipinski definition) is 6. The van der Waals surface area contributed by atoms with Gasteiger partial charge in [0.25, 0.3) is 0 Å². The Hall–Kier alpha value is -2.87. The van der Waals surface area contributed by atoms with E-state index in [9.17, 15) is 9.18 Å². The molecule has 0 N–H and O–H groups in total. The van der Waals surface area contributed by atoms with Gasteiger partial charge in [-0.1, -0.05) is 12.1 Å². The highest BCUT2D eigenvalue weighted by molar-refractivity contribution is 7.09. The lowest BCUT2D eigenvalue weighted by Gasteiger charge is -2.36. The average molecular weight is 440 g/mol. The van der Waals surface area contributed by atoms with E-state index in [0.717, 1.165) is 46.8 Å². The molecule has 1 amide bonds. The number of carbonyl (C=O) groups is 1. The van der Waals surface area contributed by atoms with Crippen LogP contribution < -0.4 is 4.90 Å². The Balaban J connectivity index is 1.72. The molecule has 1 aromatic carbocycles. The Labute approximate surface area is 185 Å². The van der Waals surface area contributed by atoms with Crippen molar-refractivity contribution >= 4 is 23.2 Å². The first-order valence-electron chi connectivity index (χ1n) is 10.4. The van der Waals surface area contributed by atoms with Crippen LogP contribution in [-0.4, -0.2) is 46.4 Å². The molecule has 0 radical (unpaired) electrons. The molecule has 0 bridgehead atoms. The van der Waals surface area contributed by atoms with E-state index in [2.05, 4.69) is 9.97 Å². The number of piperidine rings is 1. The van der Waals surface area contributed by atoms with E-state index >= 15 is 0 Å². The van der Waals surface area contributed by atoms with Crippen LogP contribution in [-0.2, 0) is 11.2 Å². The molecule has 4 rings (SSSR count). The summed E-state index contributed by atoms with van der Waals surface area (Å²) in [6.07, 6.45) is 4.90. The van der Waals surface area contributed by atoms with E-state index in [0.29, 0.717) is 18.9 Å². The quantitative estimate of drug-likeness (QED) is 0.589. The minimum Gasteiger partial charge on any atom is -0.347 e. The van der Waals surface area contributed by atoms with Crippen molar-refractivity contribution in [1.29, 1.82) is 0 Å². The van der Waals surface area contributed by atoms with Crippen LogP contribution in [0.5, 0.6) is 0 Å². The van der Waals surface area contributed by atoms with Crippen molar-refractivity contribution < 1.29 is 9.18 Å². The number of nitrogens with zero attached hydrogens (tertiary/aromatic N) is 5. The standard InChI is InChI=1S/C23H26FN5OS/c1-15-26-18(14-31-15)12-21(30)29-11-5-4-6-20(29)22-19(13-25-23(27-22)28(2)3)16-7-9-17(24)10-8-16/h7-10,13-14,20H,4-6,11-12H2,1-3H3/t20-/m0/s1. The fraction of sp³-hybridized carbons (Fsp3) is 0.391. The molecule has 0 saturated carbocycles. The van der Waals surface area contributed by atoms with Gasteiger partial charge in [0.2, 0.25) is 11.9 Å². The van der Waals surface area contributed by atoms with Crippen LogP contribution in [0, 0.1) is 12.7 Å². The molecular weight excluding hydrogens is 413 g/mol. The van der Waals surface area contributed by atoms with Gasteiger partial charge in [0.1, 0.15) is 5.82 Å². The zero-order valence-electron chi connectivity index (χ0n) is 18.0. The second-order valence-electron chi connectivity index (χ2n) is 8.00. The number of amides is 1. The van der Waals surface area contributed by atoms with Crippen molar-refractivity contribution in [2.24, 2.45) is 0 Å². The number of aryl methyl sites for hydroxylation is 1. The normalized spacial score (nSPS) is 16.4. The molecule has 2 aromatic heterocycles. The Bertz CT molecular complexity index is 1070. The number of rotatable bonds is 5. The summed E-state index contributed by atoms with van der Waals surface area (Å²) in [5.41, 5.74) is 3.30. The van der Waals surface area contributed by atoms with E-state index in [1.807, 2.05) is 36.2 Å². The number of anilines is 1. The highest BCUT2D eigenvalue weighted by Gasteiger charge is 2.32. The molecule has 6 nitrogen and oxygen atoms in total. The molecule has 31 heavy (non-hydrogen) atoms. The first kappa shape index (κ1) is 21.4. The van der Waals surface area contributed by atoms with Gasteiger partial charge in [-0.05, 0) is 43.9 Å². The summed E-state index contributed by atoms with van der Waals surface area (Å²) < 4.78 is 13.5. The first-order valence-corrected chi connectivity index (χ1v) is 11.3. The molecule has 8 heteroatoms. The second-order valence-corrected chi connectivity index (χ2v) is 9.07. The van der Waals surface area contributed by atoms with Crippen LogP contribution in [0.1, 0.15) is 41.7 Å². The number of hydrogen-bond donors (Lipinski definition) is 0. The Morgan fingerprint density at radius 2 is 2.00 bits per heavy atom. The second kappa shape index (κ2) is 9.09. The third-order valence-electron chi connectivity index (χ3n) is 5.50. The fourth-order valence-electron chi connectivity index (χ4n) is 3.97. The fourth-order valence-corrected chi connectivity index (χ4v) is 4.58. The molecule has 162 valence electrons. The average Bonchev–Trinajstić information content (AvgIpc) is 3.18. The van der Waals surface area contributed by atoms with Crippen molar-refractivity contribution in [1.82, 2.24) is 19.9 Å². The number of benzene rings is 1. The van der Waals surface area contributed by atoms with E-state index in [4.69, 9.17) is 4.98 Å². The summed E-state index contributed by atoms with van der Waals surface area (Å²) in [7, 11) is 3.79. The van der Waals surface area contributed by atoms with Gasteiger partial charge < -0.3 is 9.80 Å². The van der Waals surface area contributed by atoms with Gasteiger partial charge in [0.05, 0.1) is 28.9 Å². The van der Waals surface area contributed by atoms with Crippen molar-refractivity contribution in [3.63, 3.8) is 0 Å². The smallest absolute Gasteiger partial charge is 0.229 e. The van der Waals surface area contributed by atoms with Crippen molar-refractivity contribution in [3.8, 4) is 11.1 Å². The zero-order valence-corrected chi connectivity index (χ0v) is 18.8. The maximum atomic E-state index is 13.5. The number of carbonyl (C=O) groups excluding carboxylic acids is 1. The molecule has 0 spiro atoms. The number of halogens is 1. The summed E-state index contributed by atoms with van der Waals surface area (Å²) in [6, 6.07) is 6.20. The van der Waals surface area contributed by atoms with Gasteiger partial charge in [-0.25, -0.2) is 19.3 Å². The molecule has 3 aromatic rings. The summed E-state index contributed by atoms with van der Waals surface area (Å²) in [6.45, 7) is 2.64. The SMILES string of the molecule is Cc1nc(CC(=O)N2CCCC[C@H]2c2nc(N(C)C)ncc2-c2ccc(F)cc2)cs1. The van der Waals surface area contributed by atoms with E-state index in [1.165, 1.54) is 12.1 Å². The van der Waals surface area contributed by atoms with Gasteiger partial charge in [0.15, 0.2) is 0 Å². The number of thiazole rings is 1. The summed E-state index contributed by atoms with van der Waals surface area (Å²) >= 11 is 1.56. The summed E-state index contributed by atoms with van der Waals surface area (Å²) in [4.78, 5) is 30.8. The van der Waals surface area contributed by atoms with E-state index < -0.39 is 0 Å². The lowest BCUT2D eigenvalue weighted by molar-refractivity contribution is -0.134. The minimum absolute atomic E-state index is 0.0603. The maximum Gasteiger partial charge on any atom is 0.229 e. The van der Waals surface area contributed by atoms with Crippen molar-refractivity contribution in [2.75, 3.05) is 25.5 Å². The highest BCUT2D eigenvalue weighted by Crippen LogP contribution is 2.36. The van der Waals surface area contributed by atoms with Crippen LogP contribution in [0.2, 0.25) is 0 Å². The van der Waals surface area contributed by atoms with E-state index in [1.54, 1.807) is 29.7 Å². The van der Waals surface area contributed by atoms with Gasteiger partial charge in [0, 0.05) is 37.8 Å². The van der Waals surface area contributed by atoms with Gasteiger partial charge in [-0.3, -0.25) is 4.79 Å². The van der Waals surface area contributed by atoms with Crippen LogP contribution in [0.15, 0.2) is 35.8 Å². The molecule has 0 unspecified atom stereocenters. The Kier molecular flexibility index (Phi) is 6.27. The molecule has 3 heterocycles. The predicted molar refractivity (Wildman–Crippen MR) is 121 cm³/mol.